The monoisotopic (exact) mass is 119 g/mol. The van der Waals surface area contributed by atoms with E-state index in [0.29, 0.717) is 0 Å². The van der Waals surface area contributed by atoms with Crippen molar-refractivity contribution in [1.29, 1.82) is 0 Å². The molecule has 1 nitrogen and oxygen atoms in total. The summed E-state index contributed by atoms with van der Waals surface area (Å²) in [5, 5.41) is 0. The van der Waals surface area contributed by atoms with Gasteiger partial charge in [-0.3, -0.25) is 4.32 Å². The Bertz CT molecular complexity index is 53.4. The van der Waals surface area contributed by atoms with E-state index in [1.165, 1.54) is 0 Å². The van der Waals surface area contributed by atoms with Crippen LogP contribution in [0.3, 0.4) is 0 Å². The van der Waals surface area contributed by atoms with Crippen molar-refractivity contribution in [3.8, 4) is 0 Å². The van der Waals surface area contributed by atoms with Crippen LogP contribution in [0, 0.1) is 0 Å². The van der Waals surface area contributed by atoms with E-state index in [1.54, 1.807) is 0 Å². The second kappa shape index (κ2) is 2.47. The lowest BCUT2D eigenvalue weighted by atomic mass is 10.5. The van der Waals surface area contributed by atoms with Crippen LogP contribution in [0.5, 0.6) is 0 Å². The molecule has 0 unspecified atom stereocenters. The molecule has 0 aromatic carbocycles. The first-order valence-corrected chi connectivity index (χ1v) is 5.57. The van der Waals surface area contributed by atoms with Crippen LogP contribution in [0.25, 0.3) is 0 Å². The molecular weight excluding hydrogens is 110 g/mol. The summed E-state index contributed by atoms with van der Waals surface area (Å²) >= 11 is 0. The predicted molar refractivity (Wildman–Crippen MR) is 31.3 cm³/mol. The molecule has 0 saturated carbocycles. The zero-order valence-corrected chi connectivity index (χ0v) is 5.86. The summed E-state index contributed by atoms with van der Waals surface area (Å²) in [6.45, 7) is 5.76. The summed E-state index contributed by atoms with van der Waals surface area (Å²) in [5.41, 5.74) is 0. The van der Waals surface area contributed by atoms with Crippen molar-refractivity contribution < 1.29 is 8.66 Å². The Morgan fingerprint density at radius 1 is 1.43 bits per heavy atom. The minimum Gasteiger partial charge on any atom is -0.452 e. The molecule has 1 radical (unpaired) electrons. The molecule has 0 aromatic rings. The third-order valence-electron chi connectivity index (χ3n) is 0.398. The van der Waals surface area contributed by atoms with Gasteiger partial charge in [-0.2, -0.15) is 0 Å². The zero-order chi connectivity index (χ0) is 5.91. The van der Waals surface area contributed by atoms with Gasteiger partial charge in [0.2, 0.25) is 0 Å². The molecule has 7 heavy (non-hydrogen) atoms. The van der Waals surface area contributed by atoms with E-state index in [-0.39, 0.29) is 7.76 Å². The zero-order valence-electron chi connectivity index (χ0n) is 4.86. The van der Waals surface area contributed by atoms with Crippen molar-refractivity contribution in [1.82, 2.24) is 0 Å². The lowest BCUT2D eigenvalue weighted by Crippen LogP contribution is -2.25. The van der Waals surface area contributed by atoms with Crippen molar-refractivity contribution in [3.05, 3.63) is 0 Å². The van der Waals surface area contributed by atoms with Gasteiger partial charge in [-0.25, -0.2) is 0 Å². The van der Waals surface area contributed by atoms with Crippen LogP contribution in [0.2, 0.25) is 19.6 Å². The average Bonchev–Trinajstić information content (AvgIpc) is 1.30. The van der Waals surface area contributed by atoms with Gasteiger partial charge in [-0.15, -0.1) is 0 Å². The molecule has 0 aliphatic heterocycles. The molecule has 0 heterocycles. The molecule has 0 saturated heterocycles. The fraction of sp³-hybridized carbons (Fsp3) is 1.00. The molecule has 0 bridgehead atoms. The highest BCUT2D eigenvalue weighted by Gasteiger charge is 2.13. The van der Waals surface area contributed by atoms with E-state index < -0.39 is 8.32 Å². The molecule has 0 atom stereocenters. The fourth-order valence-electron chi connectivity index (χ4n) is 0.134. The van der Waals surface area contributed by atoms with Crippen molar-refractivity contribution >= 4 is 16.1 Å². The second-order valence-corrected chi connectivity index (χ2v) is 6.78. The number of halogens is 1. The van der Waals surface area contributed by atoms with E-state index in [4.69, 9.17) is 0 Å². The maximum atomic E-state index is 11.2. The van der Waals surface area contributed by atoms with Crippen LogP contribution in [0.4, 0.5) is 4.32 Å². The van der Waals surface area contributed by atoms with Crippen molar-refractivity contribution in [2.24, 2.45) is 0 Å². The quantitative estimate of drug-likeness (QED) is 0.498. The van der Waals surface area contributed by atoms with Crippen LogP contribution < -0.4 is 0 Å². The Kier molecular flexibility index (Phi) is 2.53. The number of hydrogen-bond acceptors (Lipinski definition) is 1. The van der Waals surface area contributed by atoms with Gasteiger partial charge in [0, 0.05) is 0 Å². The van der Waals surface area contributed by atoms with E-state index in [0.717, 1.165) is 0 Å². The average molecular weight is 119 g/mol. The Labute approximate surface area is 45.3 Å². The Balaban J connectivity index is 3.15. The smallest absolute Gasteiger partial charge is 0.452 e. The van der Waals surface area contributed by atoms with Crippen molar-refractivity contribution in [2.45, 2.75) is 19.6 Å². The minimum atomic E-state index is -1.59. The van der Waals surface area contributed by atoms with Gasteiger partial charge in [-0.05, 0) is 19.6 Å². The number of hydrogen-bond donors (Lipinski definition) is 0. The maximum absolute atomic E-state index is 11.2. The van der Waals surface area contributed by atoms with Crippen molar-refractivity contribution in [3.63, 3.8) is 0 Å². The summed E-state index contributed by atoms with van der Waals surface area (Å²) in [6.07, 6.45) is 0. The third kappa shape index (κ3) is 6.17. The van der Waals surface area contributed by atoms with Crippen LogP contribution in [-0.4, -0.2) is 16.1 Å². The van der Waals surface area contributed by atoms with Gasteiger partial charge >= 0.3 is 7.76 Å². The Morgan fingerprint density at radius 3 is 1.86 bits per heavy atom. The van der Waals surface area contributed by atoms with E-state index >= 15 is 0 Å². The summed E-state index contributed by atoms with van der Waals surface area (Å²) in [6, 6.07) is 0. The number of rotatable bonds is 2. The molecule has 0 amide bonds. The first kappa shape index (κ1) is 7.17. The topological polar surface area (TPSA) is 9.23 Å². The van der Waals surface area contributed by atoms with Gasteiger partial charge in [0.15, 0.2) is 8.32 Å². The normalized spacial score (nSPS) is 11.4. The van der Waals surface area contributed by atoms with E-state index in [2.05, 4.69) is 4.34 Å². The molecule has 0 spiro atoms. The molecule has 0 fully saturated rings. The standard InChI is InChI=1S/C3H9BFOSi/c1-7(2,3)6-4-5/h1-3H3. The van der Waals surface area contributed by atoms with Gasteiger partial charge in [0.1, 0.15) is 0 Å². The molecule has 0 aliphatic rings. The Morgan fingerprint density at radius 2 is 1.86 bits per heavy atom. The second-order valence-electron chi connectivity index (χ2n) is 2.32. The molecule has 0 aliphatic carbocycles. The third-order valence-corrected chi connectivity index (χ3v) is 1.19. The lowest BCUT2D eigenvalue weighted by molar-refractivity contribution is 0.537. The summed E-state index contributed by atoms with van der Waals surface area (Å²) in [7, 11) is -1.32. The molecular formula is C3H9BFOSi. The largest absolute Gasteiger partial charge is 0.524 e. The van der Waals surface area contributed by atoms with E-state index in [1.807, 2.05) is 19.6 Å². The van der Waals surface area contributed by atoms with E-state index in [9.17, 15) is 4.32 Å². The first-order valence-electron chi connectivity index (χ1n) is 2.16. The lowest BCUT2D eigenvalue weighted by Gasteiger charge is -2.12. The fourth-order valence-corrected chi connectivity index (χ4v) is 0.401. The minimum absolute atomic E-state index is 0.270. The highest BCUT2D eigenvalue weighted by Crippen LogP contribution is 1.99. The Hall–Kier alpha value is 0.172. The van der Waals surface area contributed by atoms with Crippen LogP contribution >= 0.6 is 0 Å². The summed E-state index contributed by atoms with van der Waals surface area (Å²) in [4.78, 5) is 0. The molecule has 41 valence electrons. The maximum Gasteiger partial charge on any atom is 0.524 e. The molecule has 0 rings (SSSR count). The SMILES string of the molecule is C[Si](C)(C)O[B]F. The summed E-state index contributed by atoms with van der Waals surface area (Å²) in [5.74, 6) is 0. The van der Waals surface area contributed by atoms with Crippen LogP contribution in [-0.2, 0) is 4.34 Å². The van der Waals surface area contributed by atoms with Crippen LogP contribution in [0.15, 0.2) is 0 Å². The van der Waals surface area contributed by atoms with Crippen molar-refractivity contribution in [2.75, 3.05) is 0 Å². The highest BCUT2D eigenvalue weighted by atomic mass is 28.4. The van der Waals surface area contributed by atoms with Gasteiger partial charge in [0.05, 0.1) is 0 Å². The van der Waals surface area contributed by atoms with Gasteiger partial charge in [0.25, 0.3) is 0 Å². The first-order chi connectivity index (χ1) is 3.06. The van der Waals surface area contributed by atoms with Gasteiger partial charge in [-0.1, -0.05) is 0 Å². The van der Waals surface area contributed by atoms with Gasteiger partial charge < -0.3 is 4.34 Å². The molecule has 4 heteroatoms. The molecule has 0 N–H and O–H groups in total. The predicted octanol–water partition coefficient (Wildman–Crippen LogP) is 1.34. The summed E-state index contributed by atoms with van der Waals surface area (Å²) < 4.78 is 15.8. The highest BCUT2D eigenvalue weighted by molar-refractivity contribution is 6.73. The van der Waals surface area contributed by atoms with Crippen LogP contribution in [0.1, 0.15) is 0 Å². The molecule has 0 aromatic heterocycles.